The predicted octanol–water partition coefficient (Wildman–Crippen LogP) is 4.54. The number of aromatic amines is 1. The van der Waals surface area contributed by atoms with Gasteiger partial charge in [-0.2, -0.15) is 5.10 Å². The van der Waals surface area contributed by atoms with Crippen molar-refractivity contribution in [3.8, 4) is 0 Å². The molecule has 3 heterocycles. The highest BCUT2D eigenvalue weighted by Gasteiger charge is 2.25. The summed E-state index contributed by atoms with van der Waals surface area (Å²) in [6, 6.07) is 16.5. The van der Waals surface area contributed by atoms with Gasteiger partial charge in [-0.1, -0.05) is 41.9 Å². The molecule has 0 radical (unpaired) electrons. The topological polar surface area (TPSA) is 62.6 Å². The molecule has 1 fully saturated rings. The Bertz CT molecular complexity index is 1150. The van der Waals surface area contributed by atoms with Crippen LogP contribution in [0.15, 0.2) is 48.5 Å². The van der Waals surface area contributed by atoms with Gasteiger partial charge in [-0.25, -0.2) is 9.97 Å². The molecule has 1 saturated heterocycles. The first kappa shape index (κ1) is 19.3. The minimum absolute atomic E-state index is 0.366. The van der Waals surface area contributed by atoms with Crippen molar-refractivity contribution in [2.24, 2.45) is 0 Å². The van der Waals surface area contributed by atoms with Crippen LogP contribution in [-0.2, 0) is 13.1 Å². The number of imidazole rings is 1. The summed E-state index contributed by atoms with van der Waals surface area (Å²) < 4.78 is 2.32. The lowest BCUT2D eigenvalue weighted by molar-refractivity contribution is 0.191. The zero-order valence-electron chi connectivity index (χ0n) is 17.1. The molecule has 1 atom stereocenters. The summed E-state index contributed by atoms with van der Waals surface area (Å²) in [4.78, 5) is 12.0. The molecule has 5 rings (SSSR count). The summed E-state index contributed by atoms with van der Waals surface area (Å²) in [5, 5.41) is 8.10. The molecule has 0 bridgehead atoms. The number of fused-ring (bicyclic) bond motifs is 1. The molecule has 1 aliphatic heterocycles. The second-order valence-electron chi connectivity index (χ2n) is 8.09. The number of piperidine rings is 1. The van der Waals surface area contributed by atoms with Crippen LogP contribution in [0.25, 0.3) is 11.0 Å². The Morgan fingerprint density at radius 3 is 2.77 bits per heavy atom. The normalized spacial score (nSPS) is 17.6. The third-order valence-corrected chi connectivity index (χ3v) is 6.06. The fourth-order valence-corrected chi connectivity index (χ4v) is 4.53. The quantitative estimate of drug-likeness (QED) is 0.514. The Kier molecular flexibility index (Phi) is 5.27. The predicted molar refractivity (Wildman–Crippen MR) is 119 cm³/mol. The Hall–Kier alpha value is -2.70. The van der Waals surface area contributed by atoms with E-state index < -0.39 is 0 Å². The number of likely N-dealkylation sites (tertiary alicyclic amines) is 1. The highest BCUT2D eigenvalue weighted by atomic mass is 35.5. The number of rotatable bonds is 5. The van der Waals surface area contributed by atoms with Crippen LogP contribution in [0.4, 0.5) is 0 Å². The zero-order valence-corrected chi connectivity index (χ0v) is 17.8. The van der Waals surface area contributed by atoms with Crippen molar-refractivity contribution in [2.45, 2.75) is 38.8 Å². The summed E-state index contributed by atoms with van der Waals surface area (Å²) in [6.45, 7) is 5.57. The van der Waals surface area contributed by atoms with Crippen molar-refractivity contribution in [3.63, 3.8) is 0 Å². The van der Waals surface area contributed by atoms with Gasteiger partial charge in [0.2, 0.25) is 0 Å². The number of hydrogen-bond donors (Lipinski definition) is 1. The second-order valence-corrected chi connectivity index (χ2v) is 8.52. The third kappa shape index (κ3) is 3.98. The van der Waals surface area contributed by atoms with E-state index in [1.807, 2.05) is 19.1 Å². The number of H-pyrrole nitrogens is 1. The van der Waals surface area contributed by atoms with Crippen molar-refractivity contribution in [1.82, 2.24) is 29.6 Å². The summed E-state index contributed by atoms with van der Waals surface area (Å²) in [6.07, 6.45) is 2.27. The van der Waals surface area contributed by atoms with Crippen molar-refractivity contribution < 1.29 is 0 Å². The van der Waals surface area contributed by atoms with Gasteiger partial charge in [-0.05, 0) is 50.1 Å². The maximum Gasteiger partial charge on any atom is 0.155 e. The number of nitrogens with one attached hydrogen (secondary N) is 1. The van der Waals surface area contributed by atoms with E-state index >= 15 is 0 Å². The van der Waals surface area contributed by atoms with Gasteiger partial charge in [0, 0.05) is 24.0 Å². The van der Waals surface area contributed by atoms with Crippen LogP contribution in [0, 0.1) is 6.92 Å². The first-order valence-corrected chi connectivity index (χ1v) is 10.8. The van der Waals surface area contributed by atoms with E-state index in [1.165, 1.54) is 5.56 Å². The van der Waals surface area contributed by atoms with Gasteiger partial charge in [0.05, 0.1) is 17.6 Å². The second kappa shape index (κ2) is 8.20. The molecule has 7 heteroatoms. The molecule has 0 spiro atoms. The SMILES string of the molecule is Cc1nc(C2CCCN(Cc3nc4cc(Cl)ccc4n3Cc3ccccc3)C2)n[nH]1. The van der Waals surface area contributed by atoms with Gasteiger partial charge in [0.25, 0.3) is 0 Å². The number of aromatic nitrogens is 5. The molecule has 1 unspecified atom stereocenters. The summed E-state index contributed by atoms with van der Waals surface area (Å²) >= 11 is 6.24. The van der Waals surface area contributed by atoms with Crippen molar-refractivity contribution >= 4 is 22.6 Å². The van der Waals surface area contributed by atoms with Gasteiger partial charge in [-0.15, -0.1) is 0 Å². The Morgan fingerprint density at radius 1 is 1.10 bits per heavy atom. The monoisotopic (exact) mass is 420 g/mol. The molecular formula is C23H25ClN6. The standard InChI is InChI=1S/C23H25ClN6/c1-16-25-23(28-27-16)18-8-5-11-29(14-18)15-22-26-20-12-19(24)9-10-21(20)30(22)13-17-6-3-2-4-7-17/h2-4,6-7,9-10,12,18H,5,8,11,13-15H2,1H3,(H,25,27,28). The molecule has 0 saturated carbocycles. The molecule has 0 aliphatic carbocycles. The third-order valence-electron chi connectivity index (χ3n) is 5.82. The average Bonchev–Trinajstić information content (AvgIpc) is 3.32. The molecule has 2 aromatic heterocycles. The maximum absolute atomic E-state index is 6.24. The molecule has 1 N–H and O–H groups in total. The Balaban J connectivity index is 1.43. The van der Waals surface area contributed by atoms with Crippen LogP contribution in [0.3, 0.4) is 0 Å². The summed E-state index contributed by atoms with van der Waals surface area (Å²) in [7, 11) is 0. The van der Waals surface area contributed by atoms with Gasteiger partial charge in [0.15, 0.2) is 5.82 Å². The van der Waals surface area contributed by atoms with Crippen molar-refractivity contribution in [1.29, 1.82) is 0 Å². The molecule has 2 aromatic carbocycles. The van der Waals surface area contributed by atoms with Gasteiger partial charge >= 0.3 is 0 Å². The Labute approximate surface area is 180 Å². The molecule has 1 aliphatic rings. The summed E-state index contributed by atoms with van der Waals surface area (Å²) in [5.74, 6) is 3.25. The van der Waals surface area contributed by atoms with Crippen LogP contribution >= 0.6 is 11.6 Å². The number of hydrogen-bond acceptors (Lipinski definition) is 4. The van der Waals surface area contributed by atoms with Crippen molar-refractivity contribution in [3.05, 3.63) is 76.6 Å². The number of halogens is 1. The minimum Gasteiger partial charge on any atom is -0.322 e. The molecule has 0 amide bonds. The molecule has 6 nitrogen and oxygen atoms in total. The van der Waals surface area contributed by atoms with E-state index in [4.69, 9.17) is 16.6 Å². The fourth-order valence-electron chi connectivity index (χ4n) is 4.37. The van der Waals surface area contributed by atoms with E-state index in [0.717, 1.165) is 72.5 Å². The van der Waals surface area contributed by atoms with E-state index in [2.05, 4.69) is 61.0 Å². The van der Waals surface area contributed by atoms with Gasteiger partial charge in [0.1, 0.15) is 11.6 Å². The zero-order chi connectivity index (χ0) is 20.5. The smallest absolute Gasteiger partial charge is 0.155 e. The van der Waals surface area contributed by atoms with E-state index in [0.29, 0.717) is 5.92 Å². The molecular weight excluding hydrogens is 396 g/mol. The summed E-state index contributed by atoms with van der Waals surface area (Å²) in [5.41, 5.74) is 3.34. The highest BCUT2D eigenvalue weighted by molar-refractivity contribution is 6.31. The number of benzene rings is 2. The van der Waals surface area contributed by atoms with E-state index in [-0.39, 0.29) is 0 Å². The van der Waals surface area contributed by atoms with Gasteiger partial charge in [-0.3, -0.25) is 10.00 Å². The van der Waals surface area contributed by atoms with Crippen LogP contribution in [0.1, 0.15) is 41.8 Å². The molecule has 30 heavy (non-hydrogen) atoms. The van der Waals surface area contributed by atoms with Crippen LogP contribution in [0.5, 0.6) is 0 Å². The average molecular weight is 421 g/mol. The maximum atomic E-state index is 6.24. The first-order valence-electron chi connectivity index (χ1n) is 10.5. The van der Waals surface area contributed by atoms with E-state index in [1.54, 1.807) is 0 Å². The highest BCUT2D eigenvalue weighted by Crippen LogP contribution is 2.27. The van der Waals surface area contributed by atoms with E-state index in [9.17, 15) is 0 Å². The van der Waals surface area contributed by atoms with Gasteiger partial charge < -0.3 is 4.57 Å². The van der Waals surface area contributed by atoms with Crippen LogP contribution < -0.4 is 0 Å². The Morgan fingerprint density at radius 2 is 1.97 bits per heavy atom. The number of nitrogens with zero attached hydrogens (tertiary/aromatic N) is 5. The largest absolute Gasteiger partial charge is 0.322 e. The van der Waals surface area contributed by atoms with Crippen LogP contribution in [-0.4, -0.2) is 42.7 Å². The minimum atomic E-state index is 0.366. The lowest BCUT2D eigenvalue weighted by Crippen LogP contribution is -2.35. The van der Waals surface area contributed by atoms with Crippen LogP contribution in [0.2, 0.25) is 5.02 Å². The lowest BCUT2D eigenvalue weighted by atomic mass is 9.97. The molecule has 4 aromatic rings. The molecule has 154 valence electrons. The fraction of sp³-hybridized carbons (Fsp3) is 0.348. The lowest BCUT2D eigenvalue weighted by Gasteiger charge is -2.31. The van der Waals surface area contributed by atoms with Crippen molar-refractivity contribution in [2.75, 3.05) is 13.1 Å². The number of aryl methyl sites for hydroxylation is 1. The first-order chi connectivity index (χ1) is 14.7.